The van der Waals surface area contributed by atoms with Gasteiger partial charge in [-0.05, 0) is 145 Å². The lowest BCUT2D eigenvalue weighted by Gasteiger charge is -2.37. The predicted octanol–water partition coefficient (Wildman–Crippen LogP) is 8.02. The van der Waals surface area contributed by atoms with E-state index in [-0.39, 0.29) is 29.7 Å². The molecular weight excluding hydrogens is 761 g/mol. The number of carbonyl (C=O) groups is 4. The number of ether oxygens (including phenoxy) is 4. The number of rotatable bonds is 6. The number of amides is 3. The summed E-state index contributed by atoms with van der Waals surface area (Å²) in [5, 5.41) is 8.83. The zero-order valence-electron chi connectivity index (χ0n) is 35.6. The predicted molar refractivity (Wildman–Crippen MR) is 229 cm³/mol. The Morgan fingerprint density at radius 2 is 1.27 bits per heavy atom. The van der Waals surface area contributed by atoms with Gasteiger partial charge in [-0.25, -0.2) is 9.59 Å². The van der Waals surface area contributed by atoms with Crippen molar-refractivity contribution in [3.8, 4) is 11.5 Å². The van der Waals surface area contributed by atoms with Crippen molar-refractivity contribution in [2.45, 2.75) is 122 Å². The molecule has 3 amide bonds. The first-order valence-corrected chi connectivity index (χ1v) is 20.7. The summed E-state index contributed by atoms with van der Waals surface area (Å²) in [5.74, 6) is 0.271. The minimum atomic E-state index is -1.37. The molecule has 4 aromatic carbocycles. The van der Waals surface area contributed by atoms with Crippen molar-refractivity contribution in [2.75, 3.05) is 10.6 Å². The molecule has 0 fully saturated rings. The first kappa shape index (κ1) is 42.3. The molecule has 2 aliphatic carbocycles. The smallest absolute Gasteiger partial charge is 0.408 e. The second-order valence-electron chi connectivity index (χ2n) is 18.2. The van der Waals surface area contributed by atoms with E-state index in [1.807, 2.05) is 84.0 Å². The lowest BCUT2D eigenvalue weighted by molar-refractivity contribution is -0.164. The fraction of sp³-hybridized carbons (Fsp3) is 0.417. The lowest BCUT2D eigenvalue weighted by atomic mass is 9.76. The van der Waals surface area contributed by atoms with E-state index in [0.717, 1.165) is 18.4 Å². The summed E-state index contributed by atoms with van der Waals surface area (Å²) in [4.78, 5) is 50.3. The molecule has 0 radical (unpaired) electrons. The van der Waals surface area contributed by atoms with Gasteiger partial charge in [0, 0.05) is 5.92 Å². The second-order valence-corrected chi connectivity index (χ2v) is 18.2. The molecule has 5 unspecified atom stereocenters. The van der Waals surface area contributed by atoms with E-state index < -0.39 is 41.0 Å². The summed E-state index contributed by atoms with van der Waals surface area (Å²) in [5.41, 5.74) is 11.9. The normalized spacial score (nSPS) is 20.7. The highest BCUT2D eigenvalue weighted by Crippen LogP contribution is 2.45. The number of hydrogen-bond acceptors (Lipinski definition) is 9. The molecule has 0 aromatic heterocycles. The van der Waals surface area contributed by atoms with Crippen molar-refractivity contribution in [3.05, 3.63) is 118 Å². The summed E-state index contributed by atoms with van der Waals surface area (Å²) < 4.78 is 22.6. The van der Waals surface area contributed by atoms with Crippen molar-refractivity contribution < 1.29 is 38.1 Å². The van der Waals surface area contributed by atoms with Gasteiger partial charge in [-0.15, -0.1) is 0 Å². The summed E-state index contributed by atoms with van der Waals surface area (Å²) in [6.45, 7) is 14.4. The molecule has 0 saturated carbocycles. The van der Waals surface area contributed by atoms with E-state index in [1.54, 1.807) is 32.0 Å². The summed E-state index contributed by atoms with van der Waals surface area (Å²) in [6, 6.07) is 27.2. The van der Waals surface area contributed by atoms with Gasteiger partial charge in [0.05, 0.1) is 17.4 Å². The van der Waals surface area contributed by atoms with Crippen LogP contribution in [0.25, 0.3) is 0 Å². The molecule has 4 aromatic rings. The van der Waals surface area contributed by atoms with Gasteiger partial charge >= 0.3 is 12.1 Å². The van der Waals surface area contributed by atoms with Crippen LogP contribution in [0, 0.1) is 5.92 Å². The van der Waals surface area contributed by atoms with Gasteiger partial charge in [-0.1, -0.05) is 60.7 Å². The van der Waals surface area contributed by atoms with Crippen LogP contribution in [-0.2, 0) is 48.7 Å². The number of carbonyl (C=O) groups excluding carboxylic acids is 4. The van der Waals surface area contributed by atoms with Crippen LogP contribution in [0.5, 0.6) is 11.5 Å². The maximum absolute atomic E-state index is 13.4. The number of hydrogen-bond donors (Lipinski definition) is 4. The van der Waals surface area contributed by atoms with Crippen LogP contribution in [0.3, 0.4) is 0 Å². The first-order valence-electron chi connectivity index (χ1n) is 20.7. The number of benzene rings is 4. The average molecular weight is 817 g/mol. The van der Waals surface area contributed by atoms with Gasteiger partial charge in [-0.3, -0.25) is 9.59 Å². The second kappa shape index (κ2) is 16.3. The Labute approximate surface area is 351 Å². The van der Waals surface area contributed by atoms with Gasteiger partial charge in [-0.2, -0.15) is 0 Å². The largest absolute Gasteiger partial charge is 0.479 e. The van der Waals surface area contributed by atoms with Gasteiger partial charge < -0.3 is 40.6 Å². The quantitative estimate of drug-likeness (QED) is 0.141. The molecule has 12 heteroatoms. The molecule has 2 heterocycles. The highest BCUT2D eigenvalue weighted by Gasteiger charge is 2.49. The van der Waals surface area contributed by atoms with Crippen molar-refractivity contribution in [1.82, 2.24) is 5.32 Å². The molecule has 4 aliphatic rings. The van der Waals surface area contributed by atoms with Crippen LogP contribution < -0.4 is 31.2 Å². The number of nitrogens with two attached hydrogens (primary N) is 1. The molecule has 5 N–H and O–H groups in total. The Kier molecular flexibility index (Phi) is 11.5. The zero-order valence-corrected chi connectivity index (χ0v) is 35.6. The number of alkyl carbamates (subject to hydrolysis) is 1. The van der Waals surface area contributed by atoms with E-state index in [9.17, 15) is 19.2 Å². The Hall–Kier alpha value is -5.88. The Balaban J connectivity index is 0.000000181. The highest BCUT2D eigenvalue weighted by molar-refractivity contribution is 5.98. The number of nitrogens with one attached hydrogen (secondary N) is 3. The number of fused-ring (bicyclic) bond motifs is 4. The third-order valence-corrected chi connectivity index (χ3v) is 11.4. The molecule has 0 spiro atoms. The van der Waals surface area contributed by atoms with Crippen molar-refractivity contribution in [2.24, 2.45) is 11.7 Å². The Bertz CT molecular complexity index is 2290. The van der Waals surface area contributed by atoms with Gasteiger partial charge in [0.25, 0.3) is 11.8 Å². The molecule has 12 nitrogen and oxygen atoms in total. The minimum Gasteiger partial charge on any atom is -0.479 e. The Morgan fingerprint density at radius 1 is 0.733 bits per heavy atom. The molecule has 60 heavy (non-hydrogen) atoms. The topological polar surface area (TPSA) is 167 Å². The fourth-order valence-electron chi connectivity index (χ4n) is 8.44. The summed E-state index contributed by atoms with van der Waals surface area (Å²) in [7, 11) is 0. The van der Waals surface area contributed by atoms with Crippen LogP contribution in [0.15, 0.2) is 84.9 Å². The number of esters is 1. The molecule has 0 saturated heterocycles. The third-order valence-electron chi connectivity index (χ3n) is 11.4. The first-order chi connectivity index (χ1) is 28.3. The molecule has 5 atom stereocenters. The van der Waals surface area contributed by atoms with Crippen LogP contribution in [0.4, 0.5) is 16.2 Å². The summed E-state index contributed by atoms with van der Waals surface area (Å²) >= 11 is 0. The van der Waals surface area contributed by atoms with E-state index in [4.69, 9.17) is 24.7 Å². The zero-order chi connectivity index (χ0) is 43.1. The lowest BCUT2D eigenvalue weighted by Crippen LogP contribution is -2.54. The van der Waals surface area contributed by atoms with Crippen molar-refractivity contribution in [3.63, 3.8) is 0 Å². The number of aryl methyl sites for hydroxylation is 1. The Morgan fingerprint density at radius 3 is 1.85 bits per heavy atom. The van der Waals surface area contributed by atoms with Gasteiger partial charge in [0.2, 0.25) is 0 Å². The molecule has 2 aliphatic heterocycles. The average Bonchev–Trinajstić information content (AvgIpc) is 3.81. The third kappa shape index (κ3) is 8.99. The van der Waals surface area contributed by atoms with E-state index in [1.165, 1.54) is 22.3 Å². The molecular formula is C48H56N4O8. The van der Waals surface area contributed by atoms with Gasteiger partial charge in [0.15, 0.2) is 12.2 Å². The SMILES string of the molecule is CC1Oc2ccc(C(N)(C(=O)OC(C)(C)C)C3Cc4ccccc4C3)cc2NC1=O.CC1Oc2ccc(C(NC(=O)OC(C)(C)C)C3CCc4ccccc43)cc2NC1=O. The maximum Gasteiger partial charge on any atom is 0.408 e. The van der Waals surface area contributed by atoms with Crippen molar-refractivity contribution in [1.29, 1.82) is 0 Å². The van der Waals surface area contributed by atoms with Crippen LogP contribution in [0.1, 0.15) is 107 Å². The highest BCUT2D eigenvalue weighted by atomic mass is 16.6. The van der Waals surface area contributed by atoms with Crippen LogP contribution in [0.2, 0.25) is 0 Å². The van der Waals surface area contributed by atoms with Crippen LogP contribution >= 0.6 is 0 Å². The van der Waals surface area contributed by atoms with Gasteiger partial charge in [0.1, 0.15) is 28.2 Å². The molecule has 0 bridgehead atoms. The fourth-order valence-corrected chi connectivity index (χ4v) is 8.44. The van der Waals surface area contributed by atoms with Crippen molar-refractivity contribution >= 4 is 35.3 Å². The minimum absolute atomic E-state index is 0.117. The van der Waals surface area contributed by atoms with E-state index >= 15 is 0 Å². The molecule has 8 rings (SSSR count). The molecule has 316 valence electrons. The van der Waals surface area contributed by atoms with E-state index in [2.05, 4.69) is 40.2 Å². The maximum atomic E-state index is 13.4. The van der Waals surface area contributed by atoms with Crippen LogP contribution in [-0.4, -0.2) is 47.3 Å². The number of anilines is 2. The monoisotopic (exact) mass is 816 g/mol. The standard InChI is InChI=1S/2C24H28N2O4/c1-14-22(27)25-19-13-16(10-12-20(19)29-14)21(26-23(28)30-24(2,3)4)18-11-9-15-7-5-6-8-17(15)18;1-14-21(27)26-19-13-17(9-10-20(19)29-14)24(25,22(28)30-23(2,3)4)18-11-15-7-5-6-8-16(15)12-18/h5-8,10,12-14,18,21H,9,11H2,1-4H3,(H,25,27)(H,26,28);5-10,13-14,18H,11-12,25H2,1-4H3,(H,26,27). The van der Waals surface area contributed by atoms with E-state index in [0.29, 0.717) is 41.3 Å². The summed E-state index contributed by atoms with van der Waals surface area (Å²) in [6.07, 6.45) is 1.71.